The molecular formula is C34H44BFN6O4. The number of para-hydroxylation sites is 1. The quantitative estimate of drug-likeness (QED) is 0.340. The van der Waals surface area contributed by atoms with Gasteiger partial charge >= 0.3 is 7.12 Å². The molecule has 7 rings (SSSR count). The zero-order valence-electron chi connectivity index (χ0n) is 27.5. The predicted molar refractivity (Wildman–Crippen MR) is 177 cm³/mol. The molecule has 12 heteroatoms. The van der Waals surface area contributed by atoms with Crippen LogP contribution in [0.15, 0.2) is 36.4 Å². The van der Waals surface area contributed by atoms with E-state index < -0.39 is 24.2 Å². The van der Waals surface area contributed by atoms with Crippen LogP contribution in [0.25, 0.3) is 10.9 Å². The van der Waals surface area contributed by atoms with E-state index in [9.17, 15) is 9.59 Å². The number of piperidine rings is 2. The van der Waals surface area contributed by atoms with Crippen LogP contribution < -0.4 is 20.6 Å². The van der Waals surface area contributed by atoms with E-state index in [1.807, 2.05) is 63.7 Å². The average molecular weight is 631 g/mol. The SMILES string of the molecule is Cn1nc(C2CCC(=O)NC2=O)c2cccc(N3CCN(C4CCN(c5ccc(B6OC(C)(C)C(C)(C)O6)c(F)c5)CC4)CC3)c21. The Hall–Kier alpha value is -3.48. The number of hydrogen-bond donors (Lipinski definition) is 1. The molecule has 4 fully saturated rings. The average Bonchev–Trinajstić information content (AvgIpc) is 3.47. The Balaban J connectivity index is 0.965. The summed E-state index contributed by atoms with van der Waals surface area (Å²) in [5.74, 6) is -1.18. The van der Waals surface area contributed by atoms with E-state index in [1.165, 1.54) is 0 Å². The summed E-state index contributed by atoms with van der Waals surface area (Å²) in [5, 5.41) is 8.23. The Bertz CT molecular complexity index is 1640. The van der Waals surface area contributed by atoms with Crippen molar-refractivity contribution in [2.45, 2.75) is 76.5 Å². The van der Waals surface area contributed by atoms with Crippen LogP contribution >= 0.6 is 0 Å². The summed E-state index contributed by atoms with van der Waals surface area (Å²) >= 11 is 0. The second kappa shape index (κ2) is 11.6. The van der Waals surface area contributed by atoms with Gasteiger partial charge in [-0.15, -0.1) is 0 Å². The van der Waals surface area contributed by atoms with Gasteiger partial charge < -0.3 is 19.1 Å². The number of halogens is 1. The minimum Gasteiger partial charge on any atom is -0.399 e. The fraction of sp³-hybridized carbons (Fsp3) is 0.559. The summed E-state index contributed by atoms with van der Waals surface area (Å²) in [6.45, 7) is 13.4. The van der Waals surface area contributed by atoms with Crippen molar-refractivity contribution in [3.63, 3.8) is 0 Å². The Morgan fingerprint density at radius 3 is 2.26 bits per heavy atom. The van der Waals surface area contributed by atoms with Crippen molar-refractivity contribution in [3.05, 3.63) is 47.9 Å². The molecule has 1 atom stereocenters. The molecule has 0 spiro atoms. The van der Waals surface area contributed by atoms with Gasteiger partial charge in [0, 0.05) is 75.3 Å². The largest absolute Gasteiger partial charge is 0.497 e. The molecule has 5 heterocycles. The lowest BCUT2D eigenvalue weighted by molar-refractivity contribution is -0.134. The van der Waals surface area contributed by atoms with Gasteiger partial charge in [0.15, 0.2) is 0 Å². The van der Waals surface area contributed by atoms with Gasteiger partial charge in [0.05, 0.1) is 34.0 Å². The smallest absolute Gasteiger partial charge is 0.399 e. The highest BCUT2D eigenvalue weighted by Crippen LogP contribution is 2.38. The molecule has 3 aromatic rings. The predicted octanol–water partition coefficient (Wildman–Crippen LogP) is 3.32. The summed E-state index contributed by atoms with van der Waals surface area (Å²) in [6.07, 6.45) is 2.89. The fourth-order valence-electron chi connectivity index (χ4n) is 7.50. The number of carbonyl (C=O) groups is 2. The van der Waals surface area contributed by atoms with Crippen molar-refractivity contribution in [2.24, 2.45) is 7.05 Å². The summed E-state index contributed by atoms with van der Waals surface area (Å²) in [5.41, 5.74) is 3.24. The molecule has 1 aromatic heterocycles. The van der Waals surface area contributed by atoms with E-state index >= 15 is 4.39 Å². The molecular weight excluding hydrogens is 586 g/mol. The van der Waals surface area contributed by atoms with Crippen molar-refractivity contribution in [1.82, 2.24) is 20.0 Å². The van der Waals surface area contributed by atoms with Gasteiger partial charge in [-0.05, 0) is 65.2 Å². The van der Waals surface area contributed by atoms with Crippen molar-refractivity contribution in [2.75, 3.05) is 49.1 Å². The van der Waals surface area contributed by atoms with Crippen LogP contribution in [0, 0.1) is 5.82 Å². The molecule has 4 saturated heterocycles. The van der Waals surface area contributed by atoms with Crippen LogP contribution in [0.4, 0.5) is 15.8 Å². The topological polar surface area (TPSA) is 92.2 Å². The number of aromatic nitrogens is 2. The second-order valence-electron chi connectivity index (χ2n) is 14.2. The number of piperazine rings is 1. The van der Waals surface area contributed by atoms with Crippen LogP contribution in [0.1, 0.15) is 65.0 Å². The first kappa shape index (κ1) is 31.1. The Morgan fingerprint density at radius 1 is 0.913 bits per heavy atom. The van der Waals surface area contributed by atoms with Gasteiger partial charge in [-0.3, -0.25) is 24.5 Å². The van der Waals surface area contributed by atoms with Crippen LogP contribution in [-0.2, 0) is 25.9 Å². The molecule has 2 amide bonds. The highest BCUT2D eigenvalue weighted by atomic mass is 19.1. The maximum Gasteiger partial charge on any atom is 0.497 e. The molecule has 0 saturated carbocycles. The van der Waals surface area contributed by atoms with Gasteiger partial charge in [0.25, 0.3) is 0 Å². The molecule has 2 aromatic carbocycles. The van der Waals surface area contributed by atoms with Gasteiger partial charge in [-0.25, -0.2) is 4.39 Å². The highest BCUT2D eigenvalue weighted by Gasteiger charge is 2.52. The van der Waals surface area contributed by atoms with E-state index in [-0.39, 0.29) is 17.6 Å². The molecule has 4 aliphatic rings. The number of rotatable bonds is 5. The summed E-state index contributed by atoms with van der Waals surface area (Å²) in [6, 6.07) is 12.2. The lowest BCUT2D eigenvalue weighted by Crippen LogP contribution is -2.53. The first-order valence-electron chi connectivity index (χ1n) is 16.6. The summed E-state index contributed by atoms with van der Waals surface area (Å²) in [4.78, 5) is 31.6. The Kier molecular flexibility index (Phi) is 7.88. The van der Waals surface area contributed by atoms with Crippen LogP contribution in [0.3, 0.4) is 0 Å². The molecule has 1 N–H and O–H groups in total. The minimum atomic E-state index is -0.708. The normalized spacial score (nSPS) is 24.2. The number of nitrogens with zero attached hydrogens (tertiary/aromatic N) is 5. The number of hydrogen-bond acceptors (Lipinski definition) is 8. The first-order valence-corrected chi connectivity index (χ1v) is 16.6. The fourth-order valence-corrected chi connectivity index (χ4v) is 7.50. The zero-order chi connectivity index (χ0) is 32.4. The molecule has 4 aliphatic heterocycles. The standard InChI is InChI=1S/C34H44BFN6O4/c1-33(2)34(3,4)46-35(45-33)26-11-9-23(21-27(26)36)40-15-13-22(14-16-40)41-17-19-42(20-18-41)28-8-6-7-24-30(38-39(5)31(24)28)25-10-12-29(43)37-32(25)44/h6-9,11,21-22,25H,10,12-20H2,1-5H3,(H,37,43,44). The van der Waals surface area contributed by atoms with E-state index in [0.717, 1.165) is 80.1 Å². The highest BCUT2D eigenvalue weighted by molar-refractivity contribution is 6.62. The number of benzene rings is 2. The number of fused-ring (bicyclic) bond motifs is 1. The summed E-state index contributed by atoms with van der Waals surface area (Å²) in [7, 11) is 1.23. The number of imide groups is 1. The van der Waals surface area contributed by atoms with Gasteiger partial charge in [-0.1, -0.05) is 18.2 Å². The molecule has 0 aliphatic carbocycles. The van der Waals surface area contributed by atoms with Gasteiger partial charge in [0.1, 0.15) is 5.82 Å². The third-order valence-electron chi connectivity index (χ3n) is 10.9. The maximum atomic E-state index is 15.3. The van der Waals surface area contributed by atoms with E-state index in [2.05, 4.69) is 26.1 Å². The monoisotopic (exact) mass is 630 g/mol. The molecule has 10 nitrogen and oxygen atoms in total. The number of anilines is 2. The Morgan fingerprint density at radius 2 is 1.61 bits per heavy atom. The number of aryl methyl sites for hydroxylation is 1. The first-order chi connectivity index (χ1) is 21.9. The molecule has 0 bridgehead atoms. The van der Waals surface area contributed by atoms with Crippen molar-refractivity contribution in [1.29, 1.82) is 0 Å². The second-order valence-corrected chi connectivity index (χ2v) is 14.2. The van der Waals surface area contributed by atoms with E-state index in [4.69, 9.17) is 14.4 Å². The van der Waals surface area contributed by atoms with Crippen molar-refractivity contribution in [3.8, 4) is 0 Å². The number of nitrogens with one attached hydrogen (secondary N) is 1. The third kappa shape index (κ3) is 5.48. The van der Waals surface area contributed by atoms with Gasteiger partial charge in [0.2, 0.25) is 11.8 Å². The maximum absolute atomic E-state index is 15.3. The summed E-state index contributed by atoms with van der Waals surface area (Å²) < 4.78 is 29.4. The molecule has 46 heavy (non-hydrogen) atoms. The number of carbonyl (C=O) groups excluding carboxylic acids is 2. The van der Waals surface area contributed by atoms with Gasteiger partial charge in [-0.2, -0.15) is 5.10 Å². The van der Waals surface area contributed by atoms with Crippen LogP contribution in [0.2, 0.25) is 0 Å². The molecule has 0 radical (unpaired) electrons. The minimum absolute atomic E-state index is 0.215. The zero-order valence-corrected chi connectivity index (χ0v) is 27.5. The Labute approximate surface area is 270 Å². The van der Waals surface area contributed by atoms with Crippen molar-refractivity contribution >= 4 is 46.7 Å². The third-order valence-corrected chi connectivity index (χ3v) is 10.9. The lowest BCUT2D eigenvalue weighted by atomic mass is 9.78. The molecule has 244 valence electrons. The molecule has 1 unspecified atom stereocenters. The van der Waals surface area contributed by atoms with E-state index in [1.54, 1.807) is 6.07 Å². The van der Waals surface area contributed by atoms with Crippen LogP contribution in [0.5, 0.6) is 0 Å². The van der Waals surface area contributed by atoms with Crippen LogP contribution in [-0.4, -0.2) is 90.1 Å². The number of amides is 2. The lowest BCUT2D eigenvalue weighted by Gasteiger charge is -2.44. The van der Waals surface area contributed by atoms with Crippen molar-refractivity contribution < 1.29 is 23.3 Å². The van der Waals surface area contributed by atoms with E-state index in [0.29, 0.717) is 24.3 Å².